The first-order valence-corrected chi connectivity index (χ1v) is 7.99. The minimum absolute atomic E-state index is 0.156. The lowest BCUT2D eigenvalue weighted by Crippen LogP contribution is -2.32. The summed E-state index contributed by atoms with van der Waals surface area (Å²) in [6, 6.07) is 4.95. The van der Waals surface area contributed by atoms with Gasteiger partial charge in [-0.25, -0.2) is 4.98 Å². The monoisotopic (exact) mass is 335 g/mol. The number of methoxy groups -OCH3 is 2. The standard InChI is InChI=1S/C16H21N3O3S/c1-9-11(3)23-16(18-9)19-15(20)10(2)17-13-7-6-12(21-4)8-14(13)22-5/h6-8,10,17H,1-5H3,(H,18,19,20)/t10-/m1/s1. The summed E-state index contributed by atoms with van der Waals surface area (Å²) in [6.45, 7) is 5.68. The summed E-state index contributed by atoms with van der Waals surface area (Å²) in [5.41, 5.74) is 1.66. The van der Waals surface area contributed by atoms with Crippen LogP contribution in [-0.2, 0) is 4.79 Å². The Bertz CT molecular complexity index is 680. The molecule has 124 valence electrons. The van der Waals surface area contributed by atoms with Crippen LogP contribution in [-0.4, -0.2) is 31.2 Å². The molecule has 0 unspecified atom stereocenters. The SMILES string of the molecule is COc1ccc(N[C@H](C)C(=O)Nc2nc(C)c(C)s2)c(OC)c1. The molecule has 6 nitrogen and oxygen atoms in total. The van der Waals surface area contributed by atoms with Gasteiger partial charge in [0.1, 0.15) is 17.5 Å². The molecular weight excluding hydrogens is 314 g/mol. The number of ether oxygens (including phenoxy) is 2. The molecule has 1 amide bonds. The summed E-state index contributed by atoms with van der Waals surface area (Å²) in [4.78, 5) is 17.7. The van der Waals surface area contributed by atoms with E-state index in [9.17, 15) is 4.79 Å². The van der Waals surface area contributed by atoms with E-state index < -0.39 is 6.04 Å². The van der Waals surface area contributed by atoms with E-state index >= 15 is 0 Å². The van der Waals surface area contributed by atoms with E-state index in [2.05, 4.69) is 15.6 Å². The van der Waals surface area contributed by atoms with E-state index in [1.54, 1.807) is 27.2 Å². The van der Waals surface area contributed by atoms with Gasteiger partial charge < -0.3 is 20.1 Å². The average Bonchev–Trinajstić information content (AvgIpc) is 2.85. The molecule has 2 aromatic rings. The number of anilines is 2. The van der Waals surface area contributed by atoms with Gasteiger partial charge in [0.2, 0.25) is 5.91 Å². The second-order valence-corrected chi connectivity index (χ2v) is 6.29. The van der Waals surface area contributed by atoms with Crippen LogP contribution in [0.1, 0.15) is 17.5 Å². The van der Waals surface area contributed by atoms with Crippen molar-refractivity contribution in [3.63, 3.8) is 0 Å². The van der Waals surface area contributed by atoms with Crippen LogP contribution in [0.25, 0.3) is 0 Å². The fraction of sp³-hybridized carbons (Fsp3) is 0.375. The van der Waals surface area contributed by atoms with Gasteiger partial charge >= 0.3 is 0 Å². The number of nitrogens with one attached hydrogen (secondary N) is 2. The van der Waals surface area contributed by atoms with Gasteiger partial charge in [-0.15, -0.1) is 11.3 Å². The van der Waals surface area contributed by atoms with Crippen molar-refractivity contribution in [2.45, 2.75) is 26.8 Å². The summed E-state index contributed by atoms with van der Waals surface area (Å²) in [7, 11) is 3.17. The van der Waals surface area contributed by atoms with E-state index in [-0.39, 0.29) is 5.91 Å². The molecule has 1 aromatic heterocycles. The molecule has 7 heteroatoms. The Morgan fingerprint density at radius 2 is 2.00 bits per heavy atom. The molecule has 2 N–H and O–H groups in total. The molecule has 0 aliphatic heterocycles. The van der Waals surface area contributed by atoms with Gasteiger partial charge in [-0.05, 0) is 32.9 Å². The molecule has 0 aliphatic rings. The third kappa shape index (κ3) is 4.13. The number of hydrogen-bond acceptors (Lipinski definition) is 6. The maximum Gasteiger partial charge on any atom is 0.248 e. The van der Waals surface area contributed by atoms with E-state index in [4.69, 9.17) is 9.47 Å². The maximum atomic E-state index is 12.3. The molecule has 0 bridgehead atoms. The first-order valence-electron chi connectivity index (χ1n) is 7.18. The number of thiazole rings is 1. The molecule has 0 aliphatic carbocycles. The molecule has 0 saturated carbocycles. The van der Waals surface area contributed by atoms with Crippen LogP contribution in [0.15, 0.2) is 18.2 Å². The first kappa shape index (κ1) is 17.1. The van der Waals surface area contributed by atoms with Crippen molar-refractivity contribution in [1.29, 1.82) is 0 Å². The Morgan fingerprint density at radius 1 is 1.26 bits per heavy atom. The predicted octanol–water partition coefficient (Wildman–Crippen LogP) is 3.22. The van der Waals surface area contributed by atoms with E-state index in [1.807, 2.05) is 26.0 Å². The number of carbonyl (C=O) groups excluding carboxylic acids is 1. The van der Waals surface area contributed by atoms with Crippen molar-refractivity contribution in [3.05, 3.63) is 28.8 Å². The molecule has 1 heterocycles. The third-order valence-corrected chi connectivity index (χ3v) is 4.42. The first-order chi connectivity index (χ1) is 10.9. The third-order valence-electron chi connectivity index (χ3n) is 3.43. The van der Waals surface area contributed by atoms with Crippen molar-refractivity contribution in [3.8, 4) is 11.5 Å². The highest BCUT2D eigenvalue weighted by Crippen LogP contribution is 2.29. The smallest absolute Gasteiger partial charge is 0.248 e. The number of aromatic nitrogens is 1. The fourth-order valence-electron chi connectivity index (χ4n) is 1.96. The second-order valence-electron chi connectivity index (χ2n) is 5.08. The molecule has 0 fully saturated rings. The van der Waals surface area contributed by atoms with Gasteiger partial charge in [-0.3, -0.25) is 4.79 Å². The van der Waals surface area contributed by atoms with E-state index in [0.717, 1.165) is 16.3 Å². The number of hydrogen-bond donors (Lipinski definition) is 2. The Morgan fingerprint density at radius 3 is 2.57 bits per heavy atom. The number of benzene rings is 1. The van der Waals surface area contributed by atoms with Gasteiger partial charge in [0, 0.05) is 10.9 Å². The van der Waals surface area contributed by atoms with E-state index in [1.165, 1.54) is 11.3 Å². The largest absolute Gasteiger partial charge is 0.497 e. The lowest BCUT2D eigenvalue weighted by atomic mass is 10.2. The van der Waals surface area contributed by atoms with E-state index in [0.29, 0.717) is 16.6 Å². The normalized spacial score (nSPS) is 11.7. The quantitative estimate of drug-likeness (QED) is 0.848. The Labute approximate surface area is 139 Å². The summed E-state index contributed by atoms with van der Waals surface area (Å²) in [5, 5.41) is 6.57. The highest BCUT2D eigenvalue weighted by atomic mass is 32.1. The highest BCUT2D eigenvalue weighted by molar-refractivity contribution is 7.15. The van der Waals surface area contributed by atoms with Gasteiger partial charge in [-0.1, -0.05) is 0 Å². The number of nitrogens with zero attached hydrogens (tertiary/aromatic N) is 1. The topological polar surface area (TPSA) is 72.5 Å². The molecule has 2 rings (SSSR count). The lowest BCUT2D eigenvalue weighted by molar-refractivity contribution is -0.116. The number of carbonyl (C=O) groups is 1. The van der Waals surface area contributed by atoms with Gasteiger partial charge in [-0.2, -0.15) is 0 Å². The van der Waals surface area contributed by atoms with Crippen LogP contribution >= 0.6 is 11.3 Å². The summed E-state index contributed by atoms with van der Waals surface area (Å²) in [5.74, 6) is 1.15. The molecule has 0 radical (unpaired) electrons. The minimum Gasteiger partial charge on any atom is -0.497 e. The maximum absolute atomic E-state index is 12.3. The predicted molar refractivity (Wildman–Crippen MR) is 92.8 cm³/mol. The zero-order valence-corrected chi connectivity index (χ0v) is 14.7. The summed E-state index contributed by atoms with van der Waals surface area (Å²) >= 11 is 1.47. The molecule has 1 aromatic carbocycles. The Hall–Kier alpha value is -2.28. The van der Waals surface area contributed by atoms with Gasteiger partial charge in [0.05, 0.1) is 25.6 Å². The number of aryl methyl sites for hydroxylation is 2. The molecule has 0 spiro atoms. The summed E-state index contributed by atoms with van der Waals surface area (Å²) in [6.07, 6.45) is 0. The van der Waals surface area contributed by atoms with Gasteiger partial charge in [0.15, 0.2) is 5.13 Å². The number of amides is 1. The Balaban J connectivity index is 2.06. The van der Waals surface area contributed by atoms with Crippen molar-refractivity contribution < 1.29 is 14.3 Å². The van der Waals surface area contributed by atoms with Crippen LogP contribution in [0.4, 0.5) is 10.8 Å². The van der Waals surface area contributed by atoms with Crippen LogP contribution in [0, 0.1) is 13.8 Å². The zero-order valence-electron chi connectivity index (χ0n) is 13.9. The molecular formula is C16H21N3O3S. The van der Waals surface area contributed by atoms with Crippen molar-refractivity contribution in [2.24, 2.45) is 0 Å². The lowest BCUT2D eigenvalue weighted by Gasteiger charge is -2.17. The van der Waals surface area contributed by atoms with Crippen LogP contribution < -0.4 is 20.1 Å². The summed E-state index contributed by atoms with van der Waals surface area (Å²) < 4.78 is 10.5. The van der Waals surface area contributed by atoms with Crippen LogP contribution in [0.2, 0.25) is 0 Å². The van der Waals surface area contributed by atoms with Crippen LogP contribution in [0.5, 0.6) is 11.5 Å². The Kier molecular flexibility index (Phi) is 5.44. The van der Waals surface area contributed by atoms with Crippen molar-refractivity contribution in [2.75, 3.05) is 24.9 Å². The molecule has 0 saturated heterocycles. The average molecular weight is 335 g/mol. The fourth-order valence-corrected chi connectivity index (χ4v) is 2.77. The van der Waals surface area contributed by atoms with Crippen LogP contribution in [0.3, 0.4) is 0 Å². The zero-order chi connectivity index (χ0) is 17.0. The highest BCUT2D eigenvalue weighted by Gasteiger charge is 2.17. The van der Waals surface area contributed by atoms with Gasteiger partial charge in [0.25, 0.3) is 0 Å². The second kappa shape index (κ2) is 7.32. The molecule has 23 heavy (non-hydrogen) atoms. The van der Waals surface area contributed by atoms with Crippen molar-refractivity contribution >= 4 is 28.1 Å². The number of rotatable bonds is 6. The van der Waals surface area contributed by atoms with Crippen molar-refractivity contribution in [1.82, 2.24) is 4.98 Å². The minimum atomic E-state index is -0.443. The molecule has 1 atom stereocenters.